The fourth-order valence-electron chi connectivity index (χ4n) is 0.801. The van der Waals surface area contributed by atoms with Crippen LogP contribution in [0.3, 0.4) is 0 Å². The molecule has 14 heavy (non-hydrogen) atoms. The minimum atomic E-state index is 0.573. The lowest BCUT2D eigenvalue weighted by atomic mass is 10.3. The Bertz CT molecular complexity index is 344. The molecule has 3 nitrogen and oxygen atoms in total. The van der Waals surface area contributed by atoms with Gasteiger partial charge in [0, 0.05) is 32.1 Å². The Morgan fingerprint density at radius 1 is 1.50 bits per heavy atom. The average Bonchev–Trinajstić information content (AvgIpc) is 2.19. The van der Waals surface area contributed by atoms with E-state index in [1.165, 1.54) is 0 Å². The maximum atomic E-state index is 5.16. The highest BCUT2D eigenvalue weighted by Crippen LogP contribution is 2.01. The molecule has 0 saturated carbocycles. The van der Waals surface area contributed by atoms with Gasteiger partial charge in [0.25, 0.3) is 0 Å². The predicted molar refractivity (Wildman–Crippen MR) is 62.7 cm³/mol. The molecule has 0 fully saturated rings. The summed E-state index contributed by atoms with van der Waals surface area (Å²) in [7, 11) is 3.87. The van der Waals surface area contributed by atoms with Gasteiger partial charge in [-0.2, -0.15) is 0 Å². The first-order chi connectivity index (χ1) is 6.61. The Balaban J connectivity index is 2.83. The molecule has 0 N–H and O–H groups in total. The van der Waals surface area contributed by atoms with Crippen LogP contribution in [0.4, 0.5) is 0 Å². The summed E-state index contributed by atoms with van der Waals surface area (Å²) in [6.45, 7) is 1.92. The molecule has 4 heteroatoms. The summed E-state index contributed by atoms with van der Waals surface area (Å²) in [6, 6.07) is 3.75. The number of pyridine rings is 1. The number of aliphatic imine (C=N–C) groups is 1. The van der Waals surface area contributed by atoms with Gasteiger partial charge < -0.3 is 4.90 Å². The molecule has 0 radical (unpaired) electrons. The van der Waals surface area contributed by atoms with Crippen LogP contribution in [-0.4, -0.2) is 34.8 Å². The first-order valence-electron chi connectivity index (χ1n) is 4.28. The largest absolute Gasteiger partial charge is 0.366 e. The van der Waals surface area contributed by atoms with Gasteiger partial charge in [-0.3, -0.25) is 4.98 Å². The molecule has 0 bridgehead atoms. The molecule has 1 rings (SSSR count). The van der Waals surface area contributed by atoms with Gasteiger partial charge in [0.1, 0.15) is 10.8 Å². The summed E-state index contributed by atoms with van der Waals surface area (Å²) < 4.78 is 0. The van der Waals surface area contributed by atoms with Gasteiger partial charge in [0.05, 0.1) is 0 Å². The second-order valence-corrected chi connectivity index (χ2v) is 3.49. The van der Waals surface area contributed by atoms with Crippen LogP contribution in [0.2, 0.25) is 0 Å². The zero-order chi connectivity index (χ0) is 10.6. The lowest BCUT2D eigenvalue weighted by Crippen LogP contribution is -2.19. The van der Waals surface area contributed by atoms with Crippen molar-refractivity contribution in [3.63, 3.8) is 0 Å². The lowest BCUT2D eigenvalue weighted by molar-refractivity contribution is 0.620. The van der Waals surface area contributed by atoms with Crippen molar-refractivity contribution in [2.45, 2.75) is 6.92 Å². The summed E-state index contributed by atoms with van der Waals surface area (Å²) in [4.78, 5) is 10.8. The van der Waals surface area contributed by atoms with Crippen molar-refractivity contribution in [2.24, 2.45) is 4.99 Å². The number of nitrogens with zero attached hydrogens (tertiary/aromatic N) is 3. The fourth-order valence-corrected chi connectivity index (χ4v) is 1.05. The van der Waals surface area contributed by atoms with Crippen molar-refractivity contribution in [1.29, 1.82) is 0 Å². The van der Waals surface area contributed by atoms with Crippen LogP contribution in [-0.2, 0) is 0 Å². The van der Waals surface area contributed by atoms with Crippen LogP contribution < -0.4 is 0 Å². The maximum absolute atomic E-state index is 5.16. The van der Waals surface area contributed by atoms with Crippen LogP contribution >= 0.6 is 12.2 Å². The molecule has 74 valence electrons. The van der Waals surface area contributed by atoms with E-state index in [0.717, 1.165) is 11.4 Å². The third kappa shape index (κ3) is 2.88. The number of thiocarbonyl (C=S) groups is 1. The molecule has 0 aromatic carbocycles. The molecule has 0 aliphatic rings. The van der Waals surface area contributed by atoms with E-state index >= 15 is 0 Å². The third-order valence-corrected chi connectivity index (χ3v) is 2.15. The molecular weight excluding hydrogens is 194 g/mol. The second kappa shape index (κ2) is 4.81. The SMILES string of the molecule is C/C(=N\C(=S)c1cccnc1)N(C)C. The molecule has 0 atom stereocenters. The Hall–Kier alpha value is -1.29. The normalized spacial score (nSPS) is 11.2. The number of hydrogen-bond acceptors (Lipinski definition) is 2. The quantitative estimate of drug-likeness (QED) is 0.399. The van der Waals surface area contributed by atoms with Crippen LogP contribution in [0.15, 0.2) is 29.5 Å². The molecule has 1 aromatic heterocycles. The van der Waals surface area contributed by atoms with Gasteiger partial charge in [-0.05, 0) is 19.1 Å². The molecule has 0 saturated heterocycles. The standard InChI is InChI=1S/C10H13N3S/c1-8(13(2)3)12-10(14)9-5-4-6-11-7-9/h4-7H,1-3H3/b12-8+. The molecule has 0 unspecified atom stereocenters. The molecular formula is C10H13N3S. The zero-order valence-corrected chi connectivity index (χ0v) is 9.38. The van der Waals surface area contributed by atoms with E-state index in [1.54, 1.807) is 12.4 Å². The summed E-state index contributed by atoms with van der Waals surface area (Å²) in [5, 5.41) is 0. The topological polar surface area (TPSA) is 28.5 Å². The van der Waals surface area contributed by atoms with Crippen molar-refractivity contribution in [1.82, 2.24) is 9.88 Å². The Kier molecular flexibility index (Phi) is 3.71. The summed E-state index contributed by atoms with van der Waals surface area (Å²) >= 11 is 5.16. The Morgan fingerprint density at radius 2 is 2.21 bits per heavy atom. The van der Waals surface area contributed by atoms with Crippen LogP contribution in [0, 0.1) is 0 Å². The first kappa shape index (κ1) is 10.8. The predicted octanol–water partition coefficient (Wildman–Crippen LogP) is 1.74. The number of aromatic nitrogens is 1. The zero-order valence-electron chi connectivity index (χ0n) is 8.56. The van der Waals surface area contributed by atoms with E-state index < -0.39 is 0 Å². The average molecular weight is 207 g/mol. The highest BCUT2D eigenvalue weighted by Gasteiger charge is 2.00. The van der Waals surface area contributed by atoms with E-state index in [4.69, 9.17) is 12.2 Å². The van der Waals surface area contributed by atoms with Gasteiger partial charge in [-0.15, -0.1) is 0 Å². The van der Waals surface area contributed by atoms with Gasteiger partial charge in [-0.25, -0.2) is 4.99 Å². The van der Waals surface area contributed by atoms with Gasteiger partial charge >= 0.3 is 0 Å². The van der Waals surface area contributed by atoms with Crippen molar-refractivity contribution < 1.29 is 0 Å². The van der Waals surface area contributed by atoms with E-state index in [-0.39, 0.29) is 0 Å². The highest BCUT2D eigenvalue weighted by atomic mass is 32.1. The summed E-state index contributed by atoms with van der Waals surface area (Å²) in [5.41, 5.74) is 0.878. The van der Waals surface area contributed by atoms with Gasteiger partial charge in [0.15, 0.2) is 0 Å². The van der Waals surface area contributed by atoms with Crippen molar-refractivity contribution in [3.8, 4) is 0 Å². The summed E-state index contributed by atoms with van der Waals surface area (Å²) in [6.07, 6.45) is 3.43. The molecule has 0 aliphatic heterocycles. The molecule has 0 aliphatic carbocycles. The van der Waals surface area contributed by atoms with Crippen LogP contribution in [0.5, 0.6) is 0 Å². The molecule has 0 spiro atoms. The first-order valence-corrected chi connectivity index (χ1v) is 4.69. The minimum absolute atomic E-state index is 0.573. The van der Waals surface area contributed by atoms with E-state index in [2.05, 4.69) is 9.98 Å². The maximum Gasteiger partial charge on any atom is 0.136 e. The Morgan fingerprint density at radius 3 is 2.71 bits per heavy atom. The smallest absolute Gasteiger partial charge is 0.136 e. The van der Waals surface area contributed by atoms with Crippen molar-refractivity contribution in [3.05, 3.63) is 30.1 Å². The monoisotopic (exact) mass is 207 g/mol. The van der Waals surface area contributed by atoms with Crippen LogP contribution in [0.25, 0.3) is 0 Å². The third-order valence-electron chi connectivity index (χ3n) is 1.82. The number of amidine groups is 1. The van der Waals surface area contributed by atoms with Crippen molar-refractivity contribution in [2.75, 3.05) is 14.1 Å². The summed E-state index contributed by atoms with van der Waals surface area (Å²) in [5.74, 6) is 0.888. The second-order valence-electron chi connectivity index (χ2n) is 3.10. The number of hydrogen-bond donors (Lipinski definition) is 0. The van der Waals surface area contributed by atoms with Gasteiger partial charge in [-0.1, -0.05) is 12.2 Å². The van der Waals surface area contributed by atoms with E-state index in [1.807, 2.05) is 38.1 Å². The molecule has 1 aromatic rings. The lowest BCUT2D eigenvalue weighted by Gasteiger charge is -2.10. The molecule has 0 amide bonds. The van der Waals surface area contributed by atoms with Gasteiger partial charge in [0.2, 0.25) is 0 Å². The number of rotatable bonds is 1. The molecule has 1 heterocycles. The minimum Gasteiger partial charge on any atom is -0.366 e. The van der Waals surface area contributed by atoms with E-state index in [0.29, 0.717) is 4.99 Å². The Labute approximate surface area is 89.5 Å². The van der Waals surface area contributed by atoms with Crippen LogP contribution in [0.1, 0.15) is 12.5 Å². The van der Waals surface area contributed by atoms with Crippen molar-refractivity contribution >= 4 is 23.0 Å². The fraction of sp³-hybridized carbons (Fsp3) is 0.300. The van der Waals surface area contributed by atoms with E-state index in [9.17, 15) is 0 Å². The highest BCUT2D eigenvalue weighted by molar-refractivity contribution is 7.80.